The number of rotatable bonds is 5. The fourth-order valence-electron chi connectivity index (χ4n) is 3.05. The predicted molar refractivity (Wildman–Crippen MR) is 123 cm³/mol. The Morgan fingerprint density at radius 2 is 1.90 bits per heavy atom. The van der Waals surface area contributed by atoms with Gasteiger partial charge in [0.05, 0.1) is 34.6 Å². The van der Waals surface area contributed by atoms with E-state index in [9.17, 15) is 4.79 Å². The van der Waals surface area contributed by atoms with Crippen LogP contribution < -0.4 is 5.32 Å². The predicted octanol–water partition coefficient (Wildman–Crippen LogP) is 6.21. The van der Waals surface area contributed by atoms with Gasteiger partial charge < -0.3 is 15.0 Å². The van der Waals surface area contributed by atoms with Gasteiger partial charge in [-0.05, 0) is 42.5 Å². The average Bonchev–Trinajstić information content (AvgIpc) is 3.12. The number of fused-ring (bicyclic) bond motifs is 2. The lowest BCUT2D eigenvalue weighted by Gasteiger charge is -2.08. The molecule has 0 fully saturated rings. The van der Waals surface area contributed by atoms with Gasteiger partial charge in [-0.15, -0.1) is 0 Å². The first-order valence-corrected chi connectivity index (χ1v) is 9.85. The van der Waals surface area contributed by atoms with Gasteiger partial charge in [0.1, 0.15) is 0 Å². The van der Waals surface area contributed by atoms with Crippen molar-refractivity contribution in [3.8, 4) is 0 Å². The summed E-state index contributed by atoms with van der Waals surface area (Å²) in [5.41, 5.74) is 3.17. The molecule has 0 bridgehead atoms. The smallest absolute Gasteiger partial charge is 0.290 e. The number of carbonyl (C=O) groups excluding carboxylic acids is 1. The van der Waals surface area contributed by atoms with Gasteiger partial charge in [0, 0.05) is 22.0 Å². The summed E-state index contributed by atoms with van der Waals surface area (Å²) in [7, 11) is 1.45. The SMILES string of the molecule is CO/C(=C/C=C/c1cc2cc(Cl)c(Cl)cc2[nH]1)C(=O)Nc1cnc2ccccc2c1. The number of allylic oxidation sites excluding steroid dienone is 2. The number of amides is 1. The summed E-state index contributed by atoms with van der Waals surface area (Å²) in [5.74, 6) is -0.198. The molecule has 2 N–H and O–H groups in total. The molecule has 0 saturated heterocycles. The molecule has 0 aliphatic rings. The molecule has 7 heteroatoms. The highest BCUT2D eigenvalue weighted by molar-refractivity contribution is 6.42. The minimum Gasteiger partial charge on any atom is -0.491 e. The third kappa shape index (κ3) is 4.32. The van der Waals surface area contributed by atoms with Crippen molar-refractivity contribution in [3.05, 3.63) is 88.4 Å². The molecule has 0 spiro atoms. The van der Waals surface area contributed by atoms with Crippen molar-refractivity contribution in [2.75, 3.05) is 12.4 Å². The molecule has 2 heterocycles. The van der Waals surface area contributed by atoms with Crippen LogP contribution in [-0.2, 0) is 9.53 Å². The van der Waals surface area contributed by atoms with Gasteiger partial charge in [-0.25, -0.2) is 0 Å². The highest BCUT2D eigenvalue weighted by atomic mass is 35.5. The summed E-state index contributed by atoms with van der Waals surface area (Å²) < 4.78 is 5.23. The van der Waals surface area contributed by atoms with Gasteiger partial charge >= 0.3 is 0 Å². The third-order valence-electron chi connectivity index (χ3n) is 4.50. The maximum atomic E-state index is 12.5. The summed E-state index contributed by atoms with van der Waals surface area (Å²) in [6, 6.07) is 15.1. The molecule has 0 atom stereocenters. The van der Waals surface area contributed by atoms with Crippen molar-refractivity contribution >= 4 is 62.7 Å². The second-order valence-electron chi connectivity index (χ2n) is 6.54. The van der Waals surface area contributed by atoms with E-state index in [1.165, 1.54) is 7.11 Å². The van der Waals surface area contributed by atoms with Crippen molar-refractivity contribution in [1.29, 1.82) is 0 Å². The maximum Gasteiger partial charge on any atom is 0.290 e. The van der Waals surface area contributed by atoms with Crippen molar-refractivity contribution in [3.63, 3.8) is 0 Å². The second kappa shape index (κ2) is 8.61. The number of aromatic amines is 1. The highest BCUT2D eigenvalue weighted by Gasteiger charge is 2.10. The average molecular weight is 438 g/mol. The minimum atomic E-state index is -0.366. The number of anilines is 1. The lowest BCUT2D eigenvalue weighted by molar-refractivity contribution is -0.115. The van der Waals surface area contributed by atoms with E-state index in [2.05, 4.69) is 15.3 Å². The Bertz CT molecular complexity index is 1270. The Labute approximate surface area is 183 Å². The number of hydrogen-bond donors (Lipinski definition) is 2. The Morgan fingerprint density at radius 3 is 2.73 bits per heavy atom. The fourth-order valence-corrected chi connectivity index (χ4v) is 3.38. The first-order valence-electron chi connectivity index (χ1n) is 9.10. The molecule has 1 amide bonds. The highest BCUT2D eigenvalue weighted by Crippen LogP contribution is 2.28. The van der Waals surface area contributed by atoms with Gasteiger partial charge in [0.15, 0.2) is 5.76 Å². The Morgan fingerprint density at radius 1 is 1.10 bits per heavy atom. The molecule has 5 nitrogen and oxygen atoms in total. The molecular weight excluding hydrogens is 421 g/mol. The van der Waals surface area contributed by atoms with Crippen LogP contribution in [-0.4, -0.2) is 23.0 Å². The molecule has 0 radical (unpaired) electrons. The zero-order valence-electron chi connectivity index (χ0n) is 15.9. The molecule has 4 aromatic rings. The zero-order chi connectivity index (χ0) is 21.1. The number of carbonyl (C=O) groups is 1. The lowest BCUT2D eigenvalue weighted by Crippen LogP contribution is -2.15. The Hall–Kier alpha value is -3.28. The first-order chi connectivity index (χ1) is 14.5. The standard InChI is InChI=1S/C23H17Cl2N3O2/c1-30-22(23(29)28-17-9-14-5-2-3-7-20(14)26-13-17)8-4-6-16-10-15-11-18(24)19(25)12-21(15)27-16/h2-13,27H,1H3,(H,28,29)/b6-4+,22-8+. The van der Waals surface area contributed by atoms with Crippen molar-refractivity contribution < 1.29 is 9.53 Å². The van der Waals surface area contributed by atoms with Gasteiger partial charge in [0.2, 0.25) is 0 Å². The largest absolute Gasteiger partial charge is 0.491 e. The van der Waals surface area contributed by atoms with E-state index in [0.29, 0.717) is 15.7 Å². The second-order valence-corrected chi connectivity index (χ2v) is 7.36. The molecule has 2 aromatic heterocycles. The van der Waals surface area contributed by atoms with Crippen LogP contribution >= 0.6 is 23.2 Å². The van der Waals surface area contributed by atoms with Gasteiger partial charge in [-0.2, -0.15) is 0 Å². The number of benzene rings is 2. The van der Waals surface area contributed by atoms with Crippen LogP contribution in [0.1, 0.15) is 5.69 Å². The summed E-state index contributed by atoms with van der Waals surface area (Å²) in [6.07, 6.45) is 6.76. The Kier molecular flexibility index (Phi) is 5.74. The van der Waals surface area contributed by atoms with Gasteiger partial charge in [-0.1, -0.05) is 47.5 Å². The quantitative estimate of drug-likeness (QED) is 0.221. The number of halogens is 2. The van der Waals surface area contributed by atoms with Crippen LogP contribution in [0.5, 0.6) is 0 Å². The maximum absolute atomic E-state index is 12.5. The number of aromatic nitrogens is 2. The summed E-state index contributed by atoms with van der Waals surface area (Å²) >= 11 is 12.1. The monoisotopic (exact) mass is 437 g/mol. The molecule has 2 aromatic carbocycles. The molecular formula is C23H17Cl2N3O2. The molecule has 0 aliphatic heterocycles. The van der Waals surface area contributed by atoms with Crippen LogP contribution in [0.15, 0.2) is 72.6 Å². The number of nitrogens with one attached hydrogen (secondary N) is 2. The summed E-state index contributed by atoms with van der Waals surface area (Å²) in [6.45, 7) is 0. The van der Waals surface area contributed by atoms with Crippen LogP contribution in [0, 0.1) is 0 Å². The van der Waals surface area contributed by atoms with E-state index >= 15 is 0 Å². The zero-order valence-corrected chi connectivity index (χ0v) is 17.5. The van der Waals surface area contributed by atoms with Crippen LogP contribution in [0.2, 0.25) is 10.0 Å². The lowest BCUT2D eigenvalue weighted by atomic mass is 10.2. The molecule has 0 unspecified atom stereocenters. The van der Waals surface area contributed by atoms with E-state index in [1.54, 1.807) is 30.5 Å². The number of ether oxygens (including phenoxy) is 1. The molecule has 150 valence electrons. The summed E-state index contributed by atoms with van der Waals surface area (Å²) in [5, 5.41) is 5.68. The minimum absolute atomic E-state index is 0.168. The number of methoxy groups -OCH3 is 1. The normalized spacial score (nSPS) is 12.0. The van der Waals surface area contributed by atoms with Crippen LogP contribution in [0.3, 0.4) is 0 Å². The van der Waals surface area contributed by atoms with Crippen molar-refractivity contribution in [2.45, 2.75) is 0 Å². The molecule has 0 saturated carbocycles. The molecule has 4 rings (SSSR count). The third-order valence-corrected chi connectivity index (χ3v) is 5.22. The van der Waals surface area contributed by atoms with Crippen LogP contribution in [0.4, 0.5) is 5.69 Å². The van der Waals surface area contributed by atoms with Crippen LogP contribution in [0.25, 0.3) is 27.9 Å². The van der Waals surface area contributed by atoms with Crippen molar-refractivity contribution in [2.24, 2.45) is 0 Å². The van der Waals surface area contributed by atoms with E-state index in [1.807, 2.05) is 42.5 Å². The number of H-pyrrole nitrogens is 1. The number of hydrogen-bond acceptors (Lipinski definition) is 3. The fraction of sp³-hybridized carbons (Fsp3) is 0.0435. The number of para-hydroxylation sites is 1. The topological polar surface area (TPSA) is 67.0 Å². The first kappa shape index (κ1) is 20.0. The summed E-state index contributed by atoms with van der Waals surface area (Å²) in [4.78, 5) is 20.1. The van der Waals surface area contributed by atoms with Gasteiger partial charge in [-0.3, -0.25) is 9.78 Å². The number of nitrogens with zero attached hydrogens (tertiary/aromatic N) is 1. The van der Waals surface area contributed by atoms with Gasteiger partial charge in [0.25, 0.3) is 5.91 Å². The van der Waals surface area contributed by atoms with Crippen molar-refractivity contribution in [1.82, 2.24) is 9.97 Å². The Balaban J connectivity index is 1.50. The molecule has 0 aliphatic carbocycles. The number of pyridine rings is 1. The van der Waals surface area contributed by atoms with E-state index in [4.69, 9.17) is 27.9 Å². The van der Waals surface area contributed by atoms with E-state index < -0.39 is 0 Å². The van der Waals surface area contributed by atoms with E-state index in [0.717, 1.165) is 27.5 Å². The van der Waals surface area contributed by atoms with E-state index in [-0.39, 0.29) is 11.7 Å². The molecule has 30 heavy (non-hydrogen) atoms.